The van der Waals surface area contributed by atoms with Crippen LogP contribution in [0.5, 0.6) is 0 Å². The van der Waals surface area contributed by atoms with Crippen molar-refractivity contribution in [3.8, 4) is 0 Å². The standard InChI is InChI=1S/C26H35F2N3O2/c1-25(11-13-30(14-12-25)19-5-2-3-6-19)24(33)31-16-20(18-8-9-21(27)22(28)15-18)26(17-31)10-4-7-23(32)29-26/h8-9,15,19-20H,2-7,10-14,16-17H2,1H3,(H,29,32)/t20-,26+/m0/s1. The first-order valence-corrected chi connectivity index (χ1v) is 12.6. The third-order valence-electron chi connectivity index (χ3n) is 8.85. The minimum atomic E-state index is -0.888. The maximum atomic E-state index is 14.1. The van der Waals surface area contributed by atoms with Crippen LogP contribution in [0, 0.1) is 17.0 Å². The fourth-order valence-corrected chi connectivity index (χ4v) is 6.81. The summed E-state index contributed by atoms with van der Waals surface area (Å²) in [5.74, 6) is -1.91. The van der Waals surface area contributed by atoms with Gasteiger partial charge in [-0.25, -0.2) is 8.78 Å². The number of piperidine rings is 2. The molecule has 0 aromatic heterocycles. The molecule has 1 aromatic rings. The van der Waals surface area contributed by atoms with Gasteiger partial charge in [-0.1, -0.05) is 25.8 Å². The first-order valence-electron chi connectivity index (χ1n) is 12.6. The minimum absolute atomic E-state index is 0.0285. The van der Waals surface area contributed by atoms with Crippen LogP contribution in [0.1, 0.15) is 76.2 Å². The van der Waals surface area contributed by atoms with Crippen molar-refractivity contribution in [2.24, 2.45) is 5.41 Å². The van der Waals surface area contributed by atoms with Crippen molar-refractivity contribution < 1.29 is 18.4 Å². The predicted octanol–water partition coefficient (Wildman–Crippen LogP) is 3.97. The molecule has 4 aliphatic rings. The quantitative estimate of drug-likeness (QED) is 0.744. The third kappa shape index (κ3) is 4.17. The second kappa shape index (κ2) is 8.64. The van der Waals surface area contributed by atoms with Crippen molar-refractivity contribution in [2.75, 3.05) is 26.2 Å². The van der Waals surface area contributed by atoms with E-state index in [0.717, 1.165) is 44.8 Å². The van der Waals surface area contributed by atoms with E-state index in [-0.39, 0.29) is 17.7 Å². The van der Waals surface area contributed by atoms with Gasteiger partial charge >= 0.3 is 0 Å². The Hall–Kier alpha value is -2.02. The highest BCUT2D eigenvalue weighted by atomic mass is 19.2. The van der Waals surface area contributed by atoms with Gasteiger partial charge < -0.3 is 15.1 Å². The molecule has 4 fully saturated rings. The van der Waals surface area contributed by atoms with E-state index in [0.29, 0.717) is 31.1 Å². The molecule has 3 aliphatic heterocycles. The fourth-order valence-electron chi connectivity index (χ4n) is 6.81. The highest BCUT2D eigenvalue weighted by Crippen LogP contribution is 2.44. The number of carbonyl (C=O) groups excluding carboxylic acids is 2. The number of likely N-dealkylation sites (tertiary alicyclic amines) is 2. The summed E-state index contributed by atoms with van der Waals surface area (Å²) < 4.78 is 27.7. The number of carbonyl (C=O) groups is 2. The number of benzene rings is 1. The molecule has 1 aromatic carbocycles. The van der Waals surface area contributed by atoms with Crippen molar-refractivity contribution in [3.63, 3.8) is 0 Å². The molecule has 33 heavy (non-hydrogen) atoms. The topological polar surface area (TPSA) is 52.7 Å². The molecule has 2 amide bonds. The van der Waals surface area contributed by atoms with Crippen LogP contribution >= 0.6 is 0 Å². The summed E-state index contributed by atoms with van der Waals surface area (Å²) >= 11 is 0. The lowest BCUT2D eigenvalue weighted by molar-refractivity contribution is -0.144. The van der Waals surface area contributed by atoms with E-state index in [1.165, 1.54) is 31.7 Å². The number of nitrogens with one attached hydrogen (secondary N) is 1. The summed E-state index contributed by atoms with van der Waals surface area (Å²) in [5, 5.41) is 3.16. The molecule has 1 aliphatic carbocycles. The summed E-state index contributed by atoms with van der Waals surface area (Å²) in [5.41, 5.74) is -0.388. The first-order chi connectivity index (χ1) is 15.8. The van der Waals surface area contributed by atoms with E-state index in [9.17, 15) is 18.4 Å². The van der Waals surface area contributed by atoms with E-state index < -0.39 is 22.6 Å². The number of nitrogens with zero attached hydrogens (tertiary/aromatic N) is 2. The normalized spacial score (nSPS) is 30.7. The largest absolute Gasteiger partial charge is 0.348 e. The average molecular weight is 460 g/mol. The SMILES string of the molecule is CC1(C(=O)N2C[C@@H](c3ccc(F)c(F)c3)[C@@]3(CCCC(=O)N3)C2)CCN(C2CCCC2)CC1. The predicted molar refractivity (Wildman–Crippen MR) is 122 cm³/mol. The molecule has 0 bridgehead atoms. The number of hydrogen-bond acceptors (Lipinski definition) is 3. The van der Waals surface area contributed by atoms with Crippen LogP contribution in [0.2, 0.25) is 0 Å². The number of amides is 2. The third-order valence-corrected chi connectivity index (χ3v) is 8.85. The van der Waals surface area contributed by atoms with Crippen LogP contribution in [0.25, 0.3) is 0 Å². The summed E-state index contributed by atoms with van der Waals surface area (Å²) in [6.07, 6.45) is 8.79. The molecule has 3 saturated heterocycles. The number of hydrogen-bond donors (Lipinski definition) is 1. The van der Waals surface area contributed by atoms with Crippen LogP contribution in [0.4, 0.5) is 8.78 Å². The molecular weight excluding hydrogens is 424 g/mol. The van der Waals surface area contributed by atoms with E-state index in [2.05, 4.69) is 17.1 Å². The van der Waals surface area contributed by atoms with Gasteiger partial charge in [-0.15, -0.1) is 0 Å². The Kier molecular flexibility index (Phi) is 5.96. The van der Waals surface area contributed by atoms with E-state index >= 15 is 0 Å². The molecule has 180 valence electrons. The van der Waals surface area contributed by atoms with Gasteiger partial charge in [0.1, 0.15) is 0 Å². The Labute approximate surface area is 194 Å². The number of rotatable bonds is 3. The maximum absolute atomic E-state index is 14.1. The van der Waals surface area contributed by atoms with Crippen LogP contribution < -0.4 is 5.32 Å². The summed E-state index contributed by atoms with van der Waals surface area (Å²) in [7, 11) is 0. The summed E-state index contributed by atoms with van der Waals surface area (Å²) in [4.78, 5) is 30.6. The molecule has 0 radical (unpaired) electrons. The average Bonchev–Trinajstić information content (AvgIpc) is 3.45. The molecule has 3 heterocycles. The summed E-state index contributed by atoms with van der Waals surface area (Å²) in [6, 6.07) is 4.66. The van der Waals surface area contributed by atoms with Gasteiger partial charge in [0, 0.05) is 36.9 Å². The van der Waals surface area contributed by atoms with Crippen LogP contribution in [0.3, 0.4) is 0 Å². The van der Waals surface area contributed by atoms with Crippen molar-refractivity contribution in [2.45, 2.75) is 82.2 Å². The Bertz CT molecular complexity index is 924. The van der Waals surface area contributed by atoms with Gasteiger partial charge in [-0.3, -0.25) is 9.59 Å². The van der Waals surface area contributed by atoms with Gasteiger partial charge in [0.15, 0.2) is 11.6 Å². The zero-order valence-electron chi connectivity index (χ0n) is 19.5. The van der Waals surface area contributed by atoms with Crippen LogP contribution in [0.15, 0.2) is 18.2 Å². The molecule has 1 spiro atoms. The molecule has 7 heteroatoms. The molecule has 0 unspecified atom stereocenters. The molecule has 1 N–H and O–H groups in total. The molecule has 5 rings (SSSR count). The van der Waals surface area contributed by atoms with E-state index in [4.69, 9.17) is 0 Å². The zero-order valence-corrected chi connectivity index (χ0v) is 19.5. The van der Waals surface area contributed by atoms with Crippen LogP contribution in [-0.4, -0.2) is 59.4 Å². The van der Waals surface area contributed by atoms with Crippen molar-refractivity contribution in [3.05, 3.63) is 35.4 Å². The number of halogens is 2. The van der Waals surface area contributed by atoms with Gasteiger partial charge in [0.05, 0.1) is 5.54 Å². The van der Waals surface area contributed by atoms with Crippen molar-refractivity contribution in [1.29, 1.82) is 0 Å². The Morgan fingerprint density at radius 2 is 1.79 bits per heavy atom. The highest BCUT2D eigenvalue weighted by Gasteiger charge is 2.53. The van der Waals surface area contributed by atoms with Gasteiger partial charge in [-0.05, 0) is 69.3 Å². The second-order valence-corrected chi connectivity index (χ2v) is 11.0. The molecule has 5 nitrogen and oxygen atoms in total. The minimum Gasteiger partial charge on any atom is -0.348 e. The zero-order chi connectivity index (χ0) is 23.2. The second-order valence-electron chi connectivity index (χ2n) is 11.0. The highest BCUT2D eigenvalue weighted by molar-refractivity contribution is 5.84. The van der Waals surface area contributed by atoms with Gasteiger partial charge in [0.2, 0.25) is 11.8 Å². The lowest BCUT2D eigenvalue weighted by Gasteiger charge is -2.43. The van der Waals surface area contributed by atoms with E-state index in [1.54, 1.807) is 6.07 Å². The van der Waals surface area contributed by atoms with E-state index in [1.807, 2.05) is 4.90 Å². The lowest BCUT2D eigenvalue weighted by Crippen LogP contribution is -2.57. The Morgan fingerprint density at radius 3 is 2.45 bits per heavy atom. The lowest BCUT2D eigenvalue weighted by atomic mass is 9.76. The van der Waals surface area contributed by atoms with Gasteiger partial charge in [-0.2, -0.15) is 0 Å². The molecular formula is C26H35F2N3O2. The monoisotopic (exact) mass is 459 g/mol. The molecule has 1 saturated carbocycles. The van der Waals surface area contributed by atoms with Crippen molar-refractivity contribution in [1.82, 2.24) is 15.1 Å². The summed E-state index contributed by atoms with van der Waals surface area (Å²) in [6.45, 7) is 4.85. The van der Waals surface area contributed by atoms with Crippen LogP contribution in [-0.2, 0) is 9.59 Å². The molecule has 2 atom stereocenters. The van der Waals surface area contributed by atoms with Crippen molar-refractivity contribution >= 4 is 11.8 Å². The maximum Gasteiger partial charge on any atom is 0.228 e. The van der Waals surface area contributed by atoms with Gasteiger partial charge in [0.25, 0.3) is 0 Å². The fraction of sp³-hybridized carbons (Fsp3) is 0.692. The first kappa shape index (κ1) is 22.8. The smallest absolute Gasteiger partial charge is 0.228 e. The Morgan fingerprint density at radius 1 is 1.06 bits per heavy atom. The Balaban J connectivity index is 1.35.